The molecule has 3 heterocycles. The number of unbranched alkanes of at least 4 members (excludes halogenated alkanes) is 5. The van der Waals surface area contributed by atoms with Gasteiger partial charge in [0.1, 0.15) is 47.8 Å². The highest BCUT2D eigenvalue weighted by Crippen LogP contribution is 2.26. The molecular weight excluding hydrogens is 1080 g/mol. The SMILES string of the molecule is CCCCCCCCOc1ccc2cc(C(=O)N[C@H]3CCCNC(=O)[C@@H]4C[C@H](N)CN4C(=O)[C@H](CCCN)NC(=O)[C@H](CCc4ccc(O)cc4)NC(=O)[C@@H]4CCCN4C(=O)[C@H](C(C)C)NC3=O)ccc2c1.Cc1ccc(S(=O)(=O)O)cc1. The molecule has 0 spiro atoms. The van der Waals surface area contributed by atoms with Crippen LogP contribution in [0.2, 0.25) is 0 Å². The summed E-state index contributed by atoms with van der Waals surface area (Å²) in [5.41, 5.74) is 14.3. The summed E-state index contributed by atoms with van der Waals surface area (Å²) in [4.78, 5) is 103. The topological polar surface area (TPSA) is 322 Å². The number of benzene rings is 4. The highest BCUT2D eigenvalue weighted by molar-refractivity contribution is 7.85. The number of phenolic OH excluding ortho intramolecular Hbond substituents is 1. The number of nitrogens with zero attached hydrogens (tertiary/aromatic N) is 2. The van der Waals surface area contributed by atoms with Crippen LogP contribution in [0.15, 0.2) is 89.8 Å². The van der Waals surface area contributed by atoms with Crippen molar-refractivity contribution in [3.8, 4) is 11.5 Å². The van der Waals surface area contributed by atoms with Crippen molar-refractivity contribution in [1.29, 1.82) is 0 Å². The largest absolute Gasteiger partial charge is 0.508 e. The molecular formula is C61H85N9O12S. The van der Waals surface area contributed by atoms with E-state index in [2.05, 4.69) is 33.5 Å². The van der Waals surface area contributed by atoms with E-state index in [-0.39, 0.29) is 68.9 Å². The van der Waals surface area contributed by atoms with Gasteiger partial charge in [0.2, 0.25) is 35.4 Å². The molecule has 3 aliphatic heterocycles. The normalized spacial score (nSPS) is 22.3. The van der Waals surface area contributed by atoms with Gasteiger partial charge in [0.15, 0.2) is 0 Å². The second kappa shape index (κ2) is 31.5. The van der Waals surface area contributed by atoms with Gasteiger partial charge in [0.05, 0.1) is 11.5 Å². The van der Waals surface area contributed by atoms with Crippen molar-refractivity contribution in [1.82, 2.24) is 36.4 Å². The molecule has 4 aromatic carbocycles. The van der Waals surface area contributed by atoms with E-state index in [9.17, 15) is 47.1 Å². The van der Waals surface area contributed by atoms with Crippen molar-refractivity contribution in [3.63, 3.8) is 0 Å². The molecule has 3 saturated heterocycles. The number of aromatic hydroxyl groups is 1. The molecule has 0 aliphatic carbocycles. The van der Waals surface area contributed by atoms with Crippen molar-refractivity contribution in [3.05, 3.63) is 102 Å². The Kier molecular flexibility index (Phi) is 24.7. The molecule has 3 aliphatic rings. The molecule has 3 fully saturated rings. The number of hydrogen-bond acceptors (Lipinski definition) is 13. The lowest BCUT2D eigenvalue weighted by atomic mass is 10.00. The van der Waals surface area contributed by atoms with Crippen molar-refractivity contribution in [2.75, 3.05) is 32.8 Å². The summed E-state index contributed by atoms with van der Waals surface area (Å²) in [5, 5.41) is 26.0. The molecule has 11 N–H and O–H groups in total. The van der Waals surface area contributed by atoms with E-state index in [1.807, 2.05) is 31.2 Å². The first-order chi connectivity index (χ1) is 39.7. The van der Waals surface area contributed by atoms with Crippen LogP contribution >= 0.6 is 0 Å². The maximum Gasteiger partial charge on any atom is 0.294 e. The van der Waals surface area contributed by atoms with E-state index in [1.165, 1.54) is 59.7 Å². The minimum atomic E-state index is -4.02. The number of nitrogens with one attached hydrogen (secondary N) is 5. The number of aryl methyl sites for hydroxylation is 2. The van der Waals surface area contributed by atoms with Gasteiger partial charge in [-0.25, -0.2) is 0 Å². The molecule has 7 rings (SSSR count). The van der Waals surface area contributed by atoms with Crippen molar-refractivity contribution in [2.24, 2.45) is 17.4 Å². The van der Waals surface area contributed by atoms with Gasteiger partial charge >= 0.3 is 0 Å². The third kappa shape index (κ3) is 19.2. The Morgan fingerprint density at radius 2 is 1.43 bits per heavy atom. The maximum atomic E-state index is 14.5. The molecule has 0 saturated carbocycles. The second-order valence-electron chi connectivity index (χ2n) is 22.3. The van der Waals surface area contributed by atoms with E-state index in [0.29, 0.717) is 37.9 Å². The summed E-state index contributed by atoms with van der Waals surface area (Å²) in [5.74, 6) is -3.43. The van der Waals surface area contributed by atoms with Crippen LogP contribution < -0.4 is 42.8 Å². The van der Waals surface area contributed by atoms with Gasteiger partial charge in [-0.05, 0) is 148 Å². The fraction of sp³-hybridized carbons (Fsp3) is 0.525. The molecule has 7 amide bonds. The Morgan fingerprint density at radius 3 is 2.13 bits per heavy atom. The number of hydrogen-bond donors (Lipinski definition) is 9. The van der Waals surface area contributed by atoms with Crippen molar-refractivity contribution >= 4 is 62.2 Å². The molecule has 7 atom stereocenters. The lowest BCUT2D eigenvalue weighted by Gasteiger charge is -2.32. The summed E-state index contributed by atoms with van der Waals surface area (Å²) in [6.07, 6.45) is 9.17. The van der Waals surface area contributed by atoms with Gasteiger partial charge < -0.3 is 57.7 Å². The zero-order valence-electron chi connectivity index (χ0n) is 48.3. The predicted octanol–water partition coefficient (Wildman–Crippen LogP) is 4.94. The van der Waals surface area contributed by atoms with Crippen LogP contribution in [0.25, 0.3) is 10.8 Å². The van der Waals surface area contributed by atoms with E-state index < -0.39 is 99.7 Å². The Labute approximate surface area is 487 Å². The average molecular weight is 1170 g/mol. The Bertz CT molecular complexity index is 2960. The number of carbonyl (C=O) groups is 7. The first kappa shape index (κ1) is 65.0. The van der Waals surface area contributed by atoms with Crippen molar-refractivity contribution in [2.45, 2.75) is 171 Å². The van der Waals surface area contributed by atoms with Crippen LogP contribution in [0.1, 0.15) is 132 Å². The van der Waals surface area contributed by atoms with Crippen LogP contribution in [0.5, 0.6) is 11.5 Å². The highest BCUT2D eigenvalue weighted by Gasteiger charge is 2.43. The zero-order valence-corrected chi connectivity index (χ0v) is 49.1. The van der Waals surface area contributed by atoms with Crippen LogP contribution in [0.3, 0.4) is 0 Å². The van der Waals surface area contributed by atoms with E-state index in [0.717, 1.165) is 40.5 Å². The van der Waals surface area contributed by atoms with Crippen LogP contribution in [0, 0.1) is 12.8 Å². The first-order valence-electron chi connectivity index (χ1n) is 29.2. The number of nitrogens with two attached hydrogens (primary N) is 2. The molecule has 83 heavy (non-hydrogen) atoms. The summed E-state index contributed by atoms with van der Waals surface area (Å²) in [7, 11) is -4.02. The molecule has 0 unspecified atom stereocenters. The first-order valence-corrected chi connectivity index (χ1v) is 30.7. The summed E-state index contributed by atoms with van der Waals surface area (Å²) in [6.45, 7) is 8.82. The van der Waals surface area contributed by atoms with Crippen molar-refractivity contribution < 1.29 is 56.4 Å². The molecule has 0 aromatic heterocycles. The van der Waals surface area contributed by atoms with E-state index in [4.69, 9.17) is 20.8 Å². The number of carbonyl (C=O) groups excluding carboxylic acids is 7. The summed E-state index contributed by atoms with van der Waals surface area (Å²) < 4.78 is 35.6. The van der Waals surface area contributed by atoms with Crippen LogP contribution in [-0.2, 0) is 45.3 Å². The molecule has 21 nitrogen and oxygen atoms in total. The van der Waals surface area contributed by atoms with Gasteiger partial charge in [-0.1, -0.05) is 94.8 Å². The zero-order chi connectivity index (χ0) is 60.2. The molecule has 4 aromatic rings. The average Bonchev–Trinajstić information content (AvgIpc) is 4.22. The number of fused-ring (bicyclic) bond motifs is 3. The lowest BCUT2D eigenvalue weighted by molar-refractivity contribution is -0.143. The molecule has 0 radical (unpaired) electrons. The minimum absolute atomic E-state index is 0.0622. The van der Waals surface area contributed by atoms with Crippen LogP contribution in [0.4, 0.5) is 0 Å². The number of rotatable bonds is 18. The lowest BCUT2D eigenvalue weighted by Crippen LogP contribution is -2.60. The Morgan fingerprint density at radius 1 is 0.747 bits per heavy atom. The fourth-order valence-corrected chi connectivity index (χ4v) is 11.0. The van der Waals surface area contributed by atoms with Gasteiger partial charge in [0, 0.05) is 31.2 Å². The van der Waals surface area contributed by atoms with Gasteiger partial charge in [-0.3, -0.25) is 38.1 Å². The van der Waals surface area contributed by atoms with Gasteiger partial charge in [-0.15, -0.1) is 0 Å². The van der Waals surface area contributed by atoms with Gasteiger partial charge in [-0.2, -0.15) is 8.42 Å². The second-order valence-corrected chi connectivity index (χ2v) is 23.7. The van der Waals surface area contributed by atoms with Gasteiger partial charge in [0.25, 0.3) is 16.0 Å². The summed E-state index contributed by atoms with van der Waals surface area (Å²) in [6, 6.07) is 16.5. The summed E-state index contributed by atoms with van der Waals surface area (Å²) >= 11 is 0. The Balaban J connectivity index is 0.000000899. The predicted molar refractivity (Wildman–Crippen MR) is 315 cm³/mol. The monoisotopic (exact) mass is 1170 g/mol. The number of ether oxygens (including phenoxy) is 1. The standard InChI is InChI=1S/C54H77N9O9.C7H8O3S/c1-4-5-6-7-8-9-29-72-41-24-21-36-30-38(20-19-37(36)31-41)48(65)58-42-14-11-27-57-51(68)46-32-39(56)33-63(46)53(70)44(13-10-26-55)60-49(66)43(25-18-35-16-22-40(64)23-17-35)59-52(69)45-15-12-28-62(45)54(71)47(34(2)3)61-50(42)67;1-6-2-4-7(5-3-6)11(8,9)10/h16-17,19-24,30-31,34,39,42-47,64H,4-15,18,25-29,32-33,55-56H2,1-3H3,(H,57,68)(H,58,65)(H,59,69)(H,60,66)(H,61,67);2-5H,1H3,(H,8,9,10)/t39-,42-,43-,44-,45-,46-,47-;/m0./s1. The Hall–Kier alpha value is -7.14. The van der Waals surface area contributed by atoms with Crippen LogP contribution in [-0.4, -0.2) is 144 Å². The molecule has 452 valence electrons. The molecule has 0 bridgehead atoms. The van der Waals surface area contributed by atoms with E-state index in [1.54, 1.807) is 50.2 Å². The molecule has 22 heteroatoms. The highest BCUT2D eigenvalue weighted by atomic mass is 32.2. The number of amides is 7. The fourth-order valence-electron chi connectivity index (χ4n) is 10.6. The minimum Gasteiger partial charge on any atom is -0.508 e. The quantitative estimate of drug-likeness (QED) is 0.0471. The smallest absolute Gasteiger partial charge is 0.294 e. The van der Waals surface area contributed by atoms with E-state index >= 15 is 0 Å². The maximum absolute atomic E-state index is 14.5. The third-order valence-corrected chi connectivity index (χ3v) is 16.2. The third-order valence-electron chi connectivity index (χ3n) is 15.3. The number of phenols is 1.